The van der Waals surface area contributed by atoms with Crippen LogP contribution in [0.4, 0.5) is 0 Å². The summed E-state index contributed by atoms with van der Waals surface area (Å²) in [5.74, 6) is 0. The van der Waals surface area contributed by atoms with Crippen LogP contribution in [0.3, 0.4) is 0 Å². The Bertz CT molecular complexity index is 1400. The second-order valence-corrected chi connectivity index (χ2v) is 9.84. The van der Waals surface area contributed by atoms with Crippen molar-refractivity contribution < 1.29 is 17.1 Å². The van der Waals surface area contributed by atoms with E-state index in [1.165, 1.54) is 55.1 Å². The van der Waals surface area contributed by atoms with Gasteiger partial charge >= 0.3 is 17.1 Å². The smallest absolute Gasteiger partial charge is 0.213 e. The van der Waals surface area contributed by atoms with E-state index in [0.717, 1.165) is 0 Å². The zero-order valence-corrected chi connectivity index (χ0v) is 23.8. The van der Waals surface area contributed by atoms with Crippen molar-refractivity contribution in [2.45, 2.75) is 0 Å². The number of rotatable bonds is 4. The average Bonchev–Trinajstić information content (AvgIpc) is 3.55. The van der Waals surface area contributed by atoms with Gasteiger partial charge < -0.3 is 0 Å². The van der Waals surface area contributed by atoms with Crippen molar-refractivity contribution in [3.8, 4) is 44.5 Å². The van der Waals surface area contributed by atoms with Crippen molar-refractivity contribution in [2.24, 2.45) is 0 Å². The van der Waals surface area contributed by atoms with Gasteiger partial charge in [0.05, 0.1) is 0 Å². The maximum atomic E-state index is 3.05. The molecule has 2 unspecified atom stereocenters. The molecule has 182 valence electrons. The van der Waals surface area contributed by atoms with Gasteiger partial charge in [0.25, 0.3) is 0 Å². The molecule has 0 amide bonds. The fourth-order valence-corrected chi connectivity index (χ4v) is 5.47. The maximum absolute atomic E-state index is 3.05. The van der Waals surface area contributed by atoms with Crippen LogP contribution < -0.4 is 10.6 Å². The second-order valence-electron chi connectivity index (χ2n) is 8.60. The SMILES string of the molecule is P[c-]1c(-c2ccccc2)c(-c2ccccc2)c(-c2ccccc2)c1-c1ccccc1.P[c-]1cccc1.[Fe+2]. The molecular weight excluding hydrogens is 526 g/mol. The first-order valence-corrected chi connectivity index (χ1v) is 13.2. The molecule has 0 aromatic heterocycles. The van der Waals surface area contributed by atoms with Crippen LogP contribution in [0.1, 0.15) is 0 Å². The van der Waals surface area contributed by atoms with E-state index in [1.54, 1.807) is 0 Å². The van der Waals surface area contributed by atoms with Gasteiger partial charge in [0.15, 0.2) is 0 Å². The summed E-state index contributed by atoms with van der Waals surface area (Å²) >= 11 is 0. The summed E-state index contributed by atoms with van der Waals surface area (Å²) in [7, 11) is 5.66. The Morgan fingerprint density at radius 2 is 0.676 bits per heavy atom. The Balaban J connectivity index is 0.000000404. The van der Waals surface area contributed by atoms with Crippen LogP contribution in [0.25, 0.3) is 44.5 Å². The third kappa shape index (κ3) is 6.10. The molecule has 0 aliphatic heterocycles. The van der Waals surface area contributed by atoms with Crippen molar-refractivity contribution >= 4 is 29.1 Å². The molecule has 0 heterocycles. The van der Waals surface area contributed by atoms with Gasteiger partial charge in [-0.2, -0.15) is 21.4 Å². The summed E-state index contributed by atoms with van der Waals surface area (Å²) in [4.78, 5) is 0. The normalized spacial score (nSPS) is 10.2. The molecule has 6 aromatic carbocycles. The molecule has 0 saturated carbocycles. The van der Waals surface area contributed by atoms with Gasteiger partial charge in [0, 0.05) is 0 Å². The summed E-state index contributed by atoms with van der Waals surface area (Å²) < 4.78 is 0. The van der Waals surface area contributed by atoms with E-state index in [-0.39, 0.29) is 17.1 Å². The predicted octanol–water partition coefficient (Wildman–Crippen LogP) is 8.48. The predicted molar refractivity (Wildman–Crippen MR) is 165 cm³/mol. The summed E-state index contributed by atoms with van der Waals surface area (Å²) in [6, 6.07) is 51.1. The van der Waals surface area contributed by atoms with E-state index in [4.69, 9.17) is 0 Å². The molecule has 37 heavy (non-hydrogen) atoms. The minimum Gasteiger partial charge on any atom is -0.213 e. The van der Waals surface area contributed by atoms with E-state index < -0.39 is 0 Å². The van der Waals surface area contributed by atoms with Crippen LogP contribution in [-0.4, -0.2) is 0 Å². The molecule has 6 aromatic rings. The van der Waals surface area contributed by atoms with Crippen molar-refractivity contribution in [1.82, 2.24) is 0 Å². The molecule has 0 N–H and O–H groups in total. The van der Waals surface area contributed by atoms with E-state index >= 15 is 0 Å². The number of hydrogen-bond donors (Lipinski definition) is 0. The van der Waals surface area contributed by atoms with E-state index in [2.05, 4.69) is 140 Å². The molecule has 0 spiro atoms. The summed E-state index contributed by atoms with van der Waals surface area (Å²) in [5, 5.41) is 2.50. The molecule has 0 fully saturated rings. The molecule has 0 nitrogen and oxygen atoms in total. The Kier molecular flexibility index (Phi) is 9.46. The first-order chi connectivity index (χ1) is 17.7. The number of benzene rings is 4. The first-order valence-electron chi connectivity index (χ1n) is 12.0. The van der Waals surface area contributed by atoms with Gasteiger partial charge in [-0.05, 0) is 0 Å². The van der Waals surface area contributed by atoms with E-state index in [9.17, 15) is 0 Å². The van der Waals surface area contributed by atoms with Gasteiger partial charge in [0.1, 0.15) is 0 Å². The Morgan fingerprint density at radius 1 is 0.378 bits per heavy atom. The van der Waals surface area contributed by atoms with Crippen LogP contribution in [0.5, 0.6) is 0 Å². The molecule has 0 radical (unpaired) electrons. The van der Waals surface area contributed by atoms with Crippen LogP contribution >= 0.6 is 18.5 Å². The monoisotopic (exact) mass is 554 g/mol. The van der Waals surface area contributed by atoms with Crippen LogP contribution in [0, 0.1) is 0 Å². The van der Waals surface area contributed by atoms with Gasteiger partial charge in [-0.3, -0.25) is 0 Å². The average molecular weight is 554 g/mol. The van der Waals surface area contributed by atoms with Crippen molar-refractivity contribution in [3.63, 3.8) is 0 Å². The number of hydrogen-bond acceptors (Lipinski definition) is 0. The molecule has 0 bridgehead atoms. The zero-order chi connectivity index (χ0) is 24.7. The molecule has 6 rings (SSSR count). The standard InChI is InChI=1S/C29H22P.C5H6P.Fe/c30-29-27(23-17-9-3-10-18-23)25(21-13-5-1-6-14-21)26(22-15-7-2-8-16-22)28(29)24-19-11-4-12-20-24;6-5-3-1-2-4-5;/h1-20H,30H2;1-4H,6H2;/q2*-1;+2. The Morgan fingerprint density at radius 3 is 0.946 bits per heavy atom. The molecular formula is C34H28FeP2. The van der Waals surface area contributed by atoms with Gasteiger partial charge in [-0.25, -0.2) is 12.1 Å². The Hall–Kier alpha value is -3.04. The minimum absolute atomic E-state index is 0. The molecule has 0 aliphatic carbocycles. The van der Waals surface area contributed by atoms with Crippen molar-refractivity contribution in [1.29, 1.82) is 0 Å². The quantitative estimate of drug-likeness (QED) is 0.117. The second kappa shape index (κ2) is 13.0. The van der Waals surface area contributed by atoms with Crippen LogP contribution in [-0.2, 0) is 17.1 Å². The maximum Gasteiger partial charge on any atom is 2.00 e. The molecule has 0 saturated heterocycles. The van der Waals surface area contributed by atoms with Crippen LogP contribution in [0.15, 0.2) is 146 Å². The fraction of sp³-hybridized carbons (Fsp3) is 0. The fourth-order valence-electron chi connectivity index (χ4n) is 4.63. The van der Waals surface area contributed by atoms with Gasteiger partial charge in [-0.1, -0.05) is 160 Å². The van der Waals surface area contributed by atoms with Crippen molar-refractivity contribution in [2.75, 3.05) is 0 Å². The third-order valence-corrected chi connectivity index (χ3v) is 7.19. The largest absolute Gasteiger partial charge is 2.00 e. The summed E-state index contributed by atoms with van der Waals surface area (Å²) in [6.45, 7) is 0. The topological polar surface area (TPSA) is 0 Å². The summed E-state index contributed by atoms with van der Waals surface area (Å²) in [6.07, 6.45) is 0. The van der Waals surface area contributed by atoms with Crippen LogP contribution in [0.2, 0.25) is 0 Å². The zero-order valence-electron chi connectivity index (χ0n) is 20.4. The summed E-state index contributed by atoms with van der Waals surface area (Å²) in [5.41, 5.74) is 10.1. The van der Waals surface area contributed by atoms with Gasteiger partial charge in [-0.15, -0.1) is 25.7 Å². The minimum atomic E-state index is 0. The van der Waals surface area contributed by atoms with Gasteiger partial charge in [0.2, 0.25) is 0 Å². The molecule has 0 aliphatic rings. The first kappa shape index (κ1) is 27.0. The molecule has 3 heteroatoms. The van der Waals surface area contributed by atoms with E-state index in [0.29, 0.717) is 0 Å². The van der Waals surface area contributed by atoms with Crippen molar-refractivity contribution in [3.05, 3.63) is 146 Å². The Labute approximate surface area is 235 Å². The van der Waals surface area contributed by atoms with E-state index in [1.807, 2.05) is 24.3 Å². The molecule has 2 atom stereocenters. The third-order valence-electron chi connectivity index (χ3n) is 6.23.